The molecule has 1 saturated heterocycles. The number of fused-ring (bicyclic) bond motifs is 1. The number of anilines is 1. The van der Waals surface area contributed by atoms with Crippen molar-refractivity contribution in [3.63, 3.8) is 0 Å². The van der Waals surface area contributed by atoms with Gasteiger partial charge >= 0.3 is 0 Å². The molecule has 0 saturated carbocycles. The number of aromatic nitrogens is 5. The van der Waals surface area contributed by atoms with Crippen LogP contribution in [0.1, 0.15) is 51.4 Å². The van der Waals surface area contributed by atoms with Gasteiger partial charge in [0.15, 0.2) is 17.0 Å². The SMILES string of the molecule is CC(C)(C)c1nc(N2CCCCC2)c2nnn(Cc3ccccc3Cl)c2n1. The molecule has 27 heavy (non-hydrogen) atoms. The van der Waals surface area contributed by atoms with Crippen molar-refractivity contribution in [2.45, 2.75) is 52.0 Å². The van der Waals surface area contributed by atoms with E-state index in [0.717, 1.165) is 46.5 Å². The molecule has 142 valence electrons. The summed E-state index contributed by atoms with van der Waals surface area (Å²) in [6, 6.07) is 7.81. The minimum Gasteiger partial charge on any atom is -0.355 e. The molecule has 1 aliphatic heterocycles. The number of hydrogen-bond acceptors (Lipinski definition) is 5. The van der Waals surface area contributed by atoms with Gasteiger partial charge < -0.3 is 4.90 Å². The molecule has 4 rings (SSSR count). The molecule has 1 fully saturated rings. The molecule has 0 spiro atoms. The van der Waals surface area contributed by atoms with Crippen molar-refractivity contribution < 1.29 is 0 Å². The zero-order valence-electron chi connectivity index (χ0n) is 16.1. The van der Waals surface area contributed by atoms with Crippen molar-refractivity contribution in [1.82, 2.24) is 25.0 Å². The average Bonchev–Trinajstić information content (AvgIpc) is 3.06. The molecular weight excluding hydrogens is 360 g/mol. The second-order valence-corrected chi connectivity index (χ2v) is 8.59. The lowest BCUT2D eigenvalue weighted by Crippen LogP contribution is -2.31. The van der Waals surface area contributed by atoms with Crippen molar-refractivity contribution in [1.29, 1.82) is 0 Å². The molecule has 0 radical (unpaired) electrons. The van der Waals surface area contributed by atoms with E-state index in [2.05, 4.69) is 36.0 Å². The van der Waals surface area contributed by atoms with E-state index in [1.165, 1.54) is 19.3 Å². The molecule has 3 aromatic rings. The second-order valence-electron chi connectivity index (χ2n) is 8.18. The predicted octanol–water partition coefficient (Wildman–Crippen LogP) is 4.21. The van der Waals surface area contributed by atoms with Gasteiger partial charge in [0.1, 0.15) is 5.82 Å². The molecule has 0 bridgehead atoms. The molecule has 7 heteroatoms. The van der Waals surface area contributed by atoms with E-state index < -0.39 is 0 Å². The standard InChI is InChI=1S/C20H25ClN6/c1-20(2,3)19-22-17(26-11-7-4-8-12-26)16-18(23-19)27(25-24-16)13-14-9-5-6-10-15(14)21/h5-6,9-10H,4,7-8,11-13H2,1-3H3. The normalized spacial score (nSPS) is 15.5. The smallest absolute Gasteiger partial charge is 0.184 e. The van der Waals surface area contributed by atoms with Gasteiger partial charge in [0.2, 0.25) is 0 Å². The highest BCUT2D eigenvalue weighted by Crippen LogP contribution is 2.29. The average molecular weight is 385 g/mol. The van der Waals surface area contributed by atoms with E-state index in [9.17, 15) is 0 Å². The van der Waals surface area contributed by atoms with Gasteiger partial charge in [-0.3, -0.25) is 0 Å². The monoisotopic (exact) mass is 384 g/mol. The lowest BCUT2D eigenvalue weighted by atomic mass is 9.95. The minimum atomic E-state index is -0.155. The van der Waals surface area contributed by atoms with Crippen molar-refractivity contribution in [2.75, 3.05) is 18.0 Å². The number of nitrogens with zero attached hydrogens (tertiary/aromatic N) is 6. The number of halogens is 1. The van der Waals surface area contributed by atoms with Gasteiger partial charge in [-0.05, 0) is 30.9 Å². The Kier molecular flexibility index (Phi) is 4.76. The molecular formula is C20H25ClN6. The predicted molar refractivity (Wildman–Crippen MR) is 108 cm³/mol. The van der Waals surface area contributed by atoms with Crippen LogP contribution in [0.4, 0.5) is 5.82 Å². The summed E-state index contributed by atoms with van der Waals surface area (Å²) in [6.45, 7) is 8.96. The Hall–Kier alpha value is -2.21. The van der Waals surface area contributed by atoms with Crippen LogP contribution < -0.4 is 4.90 Å². The highest BCUT2D eigenvalue weighted by atomic mass is 35.5. The van der Waals surface area contributed by atoms with Crippen LogP contribution in [0.3, 0.4) is 0 Å². The summed E-state index contributed by atoms with van der Waals surface area (Å²) in [7, 11) is 0. The molecule has 2 aromatic heterocycles. The van der Waals surface area contributed by atoms with Crippen LogP contribution in [0.5, 0.6) is 0 Å². The highest BCUT2D eigenvalue weighted by molar-refractivity contribution is 6.31. The van der Waals surface area contributed by atoms with Gasteiger partial charge in [-0.1, -0.05) is 55.8 Å². The molecule has 0 amide bonds. The zero-order chi connectivity index (χ0) is 19.0. The summed E-state index contributed by atoms with van der Waals surface area (Å²) < 4.78 is 1.83. The fourth-order valence-electron chi connectivity index (χ4n) is 3.40. The Balaban J connectivity index is 1.83. The van der Waals surface area contributed by atoms with E-state index in [1.54, 1.807) is 0 Å². The van der Waals surface area contributed by atoms with Crippen LogP contribution in [0, 0.1) is 0 Å². The lowest BCUT2D eigenvalue weighted by Gasteiger charge is -2.29. The Bertz CT molecular complexity index is 953. The fourth-order valence-corrected chi connectivity index (χ4v) is 3.59. The van der Waals surface area contributed by atoms with Gasteiger partial charge in [0.25, 0.3) is 0 Å². The van der Waals surface area contributed by atoms with E-state index >= 15 is 0 Å². The molecule has 0 aliphatic carbocycles. The summed E-state index contributed by atoms with van der Waals surface area (Å²) in [4.78, 5) is 12.1. The number of hydrogen-bond donors (Lipinski definition) is 0. The summed E-state index contributed by atoms with van der Waals surface area (Å²) in [5, 5.41) is 9.56. The van der Waals surface area contributed by atoms with E-state index in [1.807, 2.05) is 28.9 Å². The first kappa shape index (κ1) is 18.2. The van der Waals surface area contributed by atoms with Crippen molar-refractivity contribution in [3.8, 4) is 0 Å². The van der Waals surface area contributed by atoms with Crippen LogP contribution in [0.15, 0.2) is 24.3 Å². The van der Waals surface area contributed by atoms with Gasteiger partial charge in [0, 0.05) is 23.5 Å². The van der Waals surface area contributed by atoms with Gasteiger partial charge in [-0.15, -0.1) is 5.10 Å². The number of piperidine rings is 1. The summed E-state index contributed by atoms with van der Waals surface area (Å²) in [5.41, 5.74) is 2.40. The van der Waals surface area contributed by atoms with E-state index in [4.69, 9.17) is 21.6 Å². The van der Waals surface area contributed by atoms with Crippen LogP contribution in [0.2, 0.25) is 5.02 Å². The first-order chi connectivity index (χ1) is 12.9. The van der Waals surface area contributed by atoms with Crippen LogP contribution in [0.25, 0.3) is 11.2 Å². The largest absolute Gasteiger partial charge is 0.355 e. The molecule has 0 atom stereocenters. The maximum atomic E-state index is 6.35. The Labute approximate surface area is 164 Å². The quantitative estimate of drug-likeness (QED) is 0.676. The maximum Gasteiger partial charge on any atom is 0.184 e. The number of rotatable bonds is 3. The summed E-state index contributed by atoms with van der Waals surface area (Å²) in [5.74, 6) is 1.73. The number of benzene rings is 1. The maximum absolute atomic E-state index is 6.35. The summed E-state index contributed by atoms with van der Waals surface area (Å²) in [6.07, 6.45) is 3.64. The third-order valence-corrected chi connectivity index (χ3v) is 5.32. The molecule has 1 aromatic carbocycles. The van der Waals surface area contributed by atoms with Crippen molar-refractivity contribution >= 4 is 28.6 Å². The van der Waals surface area contributed by atoms with Gasteiger partial charge in [0.05, 0.1) is 6.54 Å². The first-order valence-electron chi connectivity index (χ1n) is 9.53. The fraction of sp³-hybridized carbons (Fsp3) is 0.500. The minimum absolute atomic E-state index is 0.155. The van der Waals surface area contributed by atoms with Gasteiger partial charge in [-0.25, -0.2) is 14.6 Å². The summed E-state index contributed by atoms with van der Waals surface area (Å²) >= 11 is 6.35. The molecule has 6 nitrogen and oxygen atoms in total. The van der Waals surface area contributed by atoms with Crippen LogP contribution in [-0.4, -0.2) is 38.1 Å². The molecule has 0 unspecified atom stereocenters. The van der Waals surface area contributed by atoms with Gasteiger partial charge in [-0.2, -0.15) is 0 Å². The molecule has 0 N–H and O–H groups in total. The molecule has 3 heterocycles. The van der Waals surface area contributed by atoms with Crippen LogP contribution >= 0.6 is 11.6 Å². The van der Waals surface area contributed by atoms with E-state index in [0.29, 0.717) is 6.54 Å². The second kappa shape index (κ2) is 7.08. The Morgan fingerprint density at radius 2 is 1.78 bits per heavy atom. The van der Waals surface area contributed by atoms with Crippen molar-refractivity contribution in [3.05, 3.63) is 40.7 Å². The lowest BCUT2D eigenvalue weighted by molar-refractivity contribution is 0.537. The Morgan fingerprint density at radius 3 is 2.48 bits per heavy atom. The first-order valence-corrected chi connectivity index (χ1v) is 9.91. The van der Waals surface area contributed by atoms with Crippen LogP contribution in [-0.2, 0) is 12.0 Å². The zero-order valence-corrected chi connectivity index (χ0v) is 16.9. The van der Waals surface area contributed by atoms with Crippen molar-refractivity contribution in [2.24, 2.45) is 0 Å². The topological polar surface area (TPSA) is 59.7 Å². The highest BCUT2D eigenvalue weighted by Gasteiger charge is 2.25. The third-order valence-electron chi connectivity index (χ3n) is 4.95. The molecule has 1 aliphatic rings. The van der Waals surface area contributed by atoms with E-state index in [-0.39, 0.29) is 5.41 Å². The Morgan fingerprint density at radius 1 is 1.04 bits per heavy atom. The third kappa shape index (κ3) is 3.63.